The average Bonchev–Trinajstić information content (AvgIpc) is 3.33. The number of H-pyrrole nitrogens is 1. The number of sulfonamides is 1. The van der Waals surface area contributed by atoms with Gasteiger partial charge in [0.15, 0.2) is 11.2 Å². The second kappa shape index (κ2) is 9.16. The number of fused-ring (bicyclic) bond motifs is 2. The first-order valence-corrected chi connectivity index (χ1v) is 13.4. The monoisotopic (exact) mass is 518 g/mol. The van der Waals surface area contributed by atoms with Crippen molar-refractivity contribution in [2.24, 2.45) is 0 Å². The van der Waals surface area contributed by atoms with E-state index in [-0.39, 0.29) is 23.8 Å². The quantitative estimate of drug-likeness (QED) is 0.381. The van der Waals surface area contributed by atoms with Gasteiger partial charge in [0.2, 0.25) is 10.0 Å². The first kappa shape index (κ1) is 23.4. The van der Waals surface area contributed by atoms with Crippen LogP contribution in [0, 0.1) is 5.82 Å². The number of hydrogen-bond donors (Lipinski definition) is 1. The molecule has 9 nitrogen and oxygen atoms in total. The van der Waals surface area contributed by atoms with Crippen molar-refractivity contribution < 1.29 is 12.8 Å². The molecule has 0 amide bonds. The topological polar surface area (TPSA) is 114 Å². The van der Waals surface area contributed by atoms with Gasteiger partial charge in [0.1, 0.15) is 11.6 Å². The van der Waals surface area contributed by atoms with Crippen LogP contribution in [0.2, 0.25) is 0 Å². The highest BCUT2D eigenvalue weighted by Gasteiger charge is 2.32. The largest absolute Gasteiger partial charge is 0.308 e. The molecule has 0 saturated carbocycles. The minimum absolute atomic E-state index is 0.120. The van der Waals surface area contributed by atoms with E-state index in [0.717, 1.165) is 10.9 Å². The molecule has 1 aliphatic heterocycles. The molecular weight excluding hydrogens is 495 g/mol. The number of rotatable bonds is 5. The molecule has 0 unspecified atom stereocenters. The summed E-state index contributed by atoms with van der Waals surface area (Å²) in [6, 6.07) is 18.7. The average molecular weight is 519 g/mol. The molecule has 0 atom stereocenters. The van der Waals surface area contributed by atoms with Gasteiger partial charge in [0.25, 0.3) is 5.56 Å². The SMILES string of the molecule is O=c1[nH]c(C2CCN(S(=O)(=O)c3cccc4ccccc34)CC2)nc2c1nnn2Cc1ccc(F)cc1. The maximum absolute atomic E-state index is 13.5. The van der Waals surface area contributed by atoms with Crippen LogP contribution in [0.25, 0.3) is 21.9 Å². The second-order valence-corrected chi connectivity index (χ2v) is 11.1. The van der Waals surface area contributed by atoms with Gasteiger partial charge in [0, 0.05) is 24.4 Å². The summed E-state index contributed by atoms with van der Waals surface area (Å²) in [5.41, 5.74) is 0.871. The molecule has 0 bridgehead atoms. The number of piperidine rings is 1. The minimum Gasteiger partial charge on any atom is -0.308 e. The molecule has 1 N–H and O–H groups in total. The molecule has 0 aliphatic carbocycles. The van der Waals surface area contributed by atoms with Crippen molar-refractivity contribution in [3.63, 3.8) is 0 Å². The molecule has 1 saturated heterocycles. The molecule has 5 aromatic rings. The van der Waals surface area contributed by atoms with E-state index in [2.05, 4.69) is 20.3 Å². The zero-order valence-electron chi connectivity index (χ0n) is 19.7. The van der Waals surface area contributed by atoms with Gasteiger partial charge < -0.3 is 4.98 Å². The summed E-state index contributed by atoms with van der Waals surface area (Å²) in [4.78, 5) is 20.5. The molecule has 0 spiro atoms. The van der Waals surface area contributed by atoms with Crippen LogP contribution < -0.4 is 5.56 Å². The number of nitrogens with zero attached hydrogens (tertiary/aromatic N) is 5. The smallest absolute Gasteiger partial charge is 0.281 e. The summed E-state index contributed by atoms with van der Waals surface area (Å²) in [5, 5.41) is 9.61. The molecule has 0 radical (unpaired) electrons. The Bertz CT molecular complexity index is 1770. The van der Waals surface area contributed by atoms with E-state index in [1.165, 1.54) is 21.1 Å². The van der Waals surface area contributed by atoms with E-state index in [1.54, 1.807) is 24.3 Å². The summed E-state index contributed by atoms with van der Waals surface area (Å²) >= 11 is 0. The lowest BCUT2D eigenvalue weighted by Gasteiger charge is -2.31. The van der Waals surface area contributed by atoms with E-state index >= 15 is 0 Å². The van der Waals surface area contributed by atoms with Gasteiger partial charge in [-0.2, -0.15) is 4.31 Å². The highest BCUT2D eigenvalue weighted by Crippen LogP contribution is 2.31. The van der Waals surface area contributed by atoms with Crippen molar-refractivity contribution in [3.8, 4) is 0 Å². The molecule has 2 aromatic heterocycles. The van der Waals surface area contributed by atoms with Crippen molar-refractivity contribution >= 4 is 32.0 Å². The third-order valence-corrected chi connectivity index (χ3v) is 8.80. The Balaban J connectivity index is 1.24. The summed E-state index contributed by atoms with van der Waals surface area (Å²) < 4.78 is 43.3. The third kappa shape index (κ3) is 4.30. The molecule has 188 valence electrons. The Hall–Kier alpha value is -3.96. The fraction of sp³-hybridized carbons (Fsp3) is 0.231. The standard InChI is InChI=1S/C26H23FN6O3S/c27-20-10-8-17(9-11-20)16-33-25-23(30-31-33)26(34)29-24(28-25)19-12-14-32(15-13-19)37(35,36)22-7-3-5-18-4-1-2-6-21(18)22/h1-11,19H,12-16H2,(H,28,29,34). The zero-order chi connectivity index (χ0) is 25.6. The van der Waals surface area contributed by atoms with Crippen molar-refractivity contribution in [3.05, 3.63) is 94.3 Å². The van der Waals surface area contributed by atoms with Crippen LogP contribution in [-0.2, 0) is 16.6 Å². The number of aromatic nitrogens is 5. The normalized spacial score (nSPS) is 15.5. The lowest BCUT2D eigenvalue weighted by atomic mass is 9.97. The number of benzene rings is 3. The molecule has 1 fully saturated rings. The molecule has 3 aromatic carbocycles. The van der Waals surface area contributed by atoms with Crippen LogP contribution in [0.4, 0.5) is 4.39 Å². The number of nitrogens with one attached hydrogen (secondary N) is 1. The fourth-order valence-corrected chi connectivity index (χ4v) is 6.56. The van der Waals surface area contributed by atoms with Gasteiger partial charge in [-0.05, 0) is 42.0 Å². The molecule has 1 aliphatic rings. The highest BCUT2D eigenvalue weighted by molar-refractivity contribution is 7.89. The Morgan fingerprint density at radius 3 is 2.49 bits per heavy atom. The van der Waals surface area contributed by atoms with Gasteiger partial charge >= 0.3 is 0 Å². The number of aromatic amines is 1. The summed E-state index contributed by atoms with van der Waals surface area (Å²) in [6.45, 7) is 0.907. The number of halogens is 1. The van der Waals surface area contributed by atoms with Crippen molar-refractivity contribution in [1.82, 2.24) is 29.3 Å². The van der Waals surface area contributed by atoms with Crippen molar-refractivity contribution in [2.75, 3.05) is 13.1 Å². The lowest BCUT2D eigenvalue weighted by Crippen LogP contribution is -2.38. The number of hydrogen-bond acceptors (Lipinski definition) is 6. The van der Waals surface area contributed by atoms with Crippen LogP contribution in [0.15, 0.2) is 76.4 Å². The summed E-state index contributed by atoms with van der Waals surface area (Å²) in [5.74, 6) is 0.0328. The Morgan fingerprint density at radius 1 is 0.973 bits per heavy atom. The van der Waals surface area contributed by atoms with Crippen LogP contribution >= 0.6 is 0 Å². The second-order valence-electron chi connectivity index (χ2n) is 9.15. The highest BCUT2D eigenvalue weighted by atomic mass is 32.2. The first-order chi connectivity index (χ1) is 17.9. The van der Waals surface area contributed by atoms with Crippen LogP contribution in [-0.4, -0.2) is 50.8 Å². The maximum Gasteiger partial charge on any atom is 0.281 e. The molecule has 11 heteroatoms. The van der Waals surface area contributed by atoms with E-state index in [1.807, 2.05) is 30.3 Å². The van der Waals surface area contributed by atoms with E-state index in [4.69, 9.17) is 0 Å². The van der Waals surface area contributed by atoms with Crippen LogP contribution in [0.1, 0.15) is 30.1 Å². The zero-order valence-corrected chi connectivity index (χ0v) is 20.5. The van der Waals surface area contributed by atoms with Gasteiger partial charge in [-0.3, -0.25) is 4.79 Å². The Morgan fingerprint density at radius 2 is 1.70 bits per heavy atom. The van der Waals surface area contributed by atoms with Gasteiger partial charge in [-0.15, -0.1) is 5.10 Å². The molecule has 3 heterocycles. The van der Waals surface area contributed by atoms with E-state index < -0.39 is 15.6 Å². The molecular formula is C26H23FN6O3S. The summed E-state index contributed by atoms with van der Waals surface area (Å²) in [7, 11) is -3.68. The van der Waals surface area contributed by atoms with E-state index in [9.17, 15) is 17.6 Å². The van der Waals surface area contributed by atoms with Crippen molar-refractivity contribution in [2.45, 2.75) is 30.2 Å². The predicted octanol–water partition coefficient (Wildman–Crippen LogP) is 3.42. The predicted molar refractivity (Wildman–Crippen MR) is 136 cm³/mol. The van der Waals surface area contributed by atoms with Gasteiger partial charge in [-0.25, -0.2) is 22.5 Å². The van der Waals surface area contributed by atoms with E-state index in [0.29, 0.717) is 47.7 Å². The Labute approximate surface area is 211 Å². The lowest BCUT2D eigenvalue weighted by molar-refractivity contribution is 0.313. The first-order valence-electron chi connectivity index (χ1n) is 12.0. The summed E-state index contributed by atoms with van der Waals surface area (Å²) in [6.07, 6.45) is 1.02. The fourth-order valence-electron chi connectivity index (χ4n) is 4.88. The molecule has 37 heavy (non-hydrogen) atoms. The Kier molecular flexibility index (Phi) is 5.81. The third-order valence-electron chi connectivity index (χ3n) is 6.85. The van der Waals surface area contributed by atoms with Gasteiger partial charge in [-0.1, -0.05) is 53.7 Å². The van der Waals surface area contributed by atoms with Crippen LogP contribution in [0.5, 0.6) is 0 Å². The van der Waals surface area contributed by atoms with Crippen LogP contribution in [0.3, 0.4) is 0 Å². The molecule has 6 rings (SSSR count). The van der Waals surface area contributed by atoms with Gasteiger partial charge in [0.05, 0.1) is 11.4 Å². The minimum atomic E-state index is -3.68. The van der Waals surface area contributed by atoms with Crippen molar-refractivity contribution in [1.29, 1.82) is 0 Å². The maximum atomic E-state index is 13.5.